The molecule has 0 bridgehead atoms. The van der Waals surface area contributed by atoms with Crippen molar-refractivity contribution in [1.82, 2.24) is 0 Å². The Balaban J connectivity index is 2.31. The van der Waals surface area contributed by atoms with Crippen LogP contribution in [0.4, 0.5) is 0 Å². The molecule has 2 unspecified atom stereocenters. The van der Waals surface area contributed by atoms with Crippen molar-refractivity contribution in [1.29, 1.82) is 0 Å². The maximum absolute atomic E-state index is 10.9. The van der Waals surface area contributed by atoms with Gasteiger partial charge in [-0.2, -0.15) is 0 Å². The van der Waals surface area contributed by atoms with Gasteiger partial charge in [-0.3, -0.25) is 0 Å². The van der Waals surface area contributed by atoms with Gasteiger partial charge in [0.2, 0.25) is 0 Å². The fourth-order valence-corrected chi connectivity index (χ4v) is 4.34. The molecule has 0 saturated heterocycles. The lowest BCUT2D eigenvalue weighted by Gasteiger charge is -2.29. The van der Waals surface area contributed by atoms with E-state index in [4.69, 9.17) is 0 Å². The second-order valence-electron chi connectivity index (χ2n) is 5.64. The van der Waals surface area contributed by atoms with Gasteiger partial charge < -0.3 is 5.11 Å². The van der Waals surface area contributed by atoms with Crippen LogP contribution in [0.3, 0.4) is 0 Å². The first-order valence-electron chi connectivity index (χ1n) is 6.36. The van der Waals surface area contributed by atoms with E-state index in [-0.39, 0.29) is 0 Å². The highest BCUT2D eigenvalue weighted by atomic mass is 127. The lowest BCUT2D eigenvalue weighted by atomic mass is 9.81. The number of hydrogen-bond acceptors (Lipinski definition) is 1. The van der Waals surface area contributed by atoms with Crippen LogP contribution in [0.2, 0.25) is 0 Å². The molecule has 2 aliphatic rings. The van der Waals surface area contributed by atoms with Gasteiger partial charge in [0.25, 0.3) is 0 Å². The molecule has 1 N–H and O–H groups in total. The molecule has 0 fully saturated rings. The van der Waals surface area contributed by atoms with Crippen LogP contribution in [0.25, 0.3) is 5.57 Å². The average molecular weight is 352 g/mol. The van der Waals surface area contributed by atoms with E-state index in [1.807, 2.05) is 6.92 Å². The van der Waals surface area contributed by atoms with E-state index in [9.17, 15) is 5.11 Å². The molecule has 0 aliphatic heterocycles. The SMILES string of the molecule is Cc1ccc2c(c1)C1=C(C(C)CC(I)=C1)C2(C)O. The van der Waals surface area contributed by atoms with E-state index in [1.54, 1.807) is 0 Å². The van der Waals surface area contributed by atoms with Crippen molar-refractivity contribution in [3.05, 3.63) is 50.1 Å². The topological polar surface area (TPSA) is 20.2 Å². The molecular formula is C16H17IO. The average Bonchev–Trinajstić information content (AvgIpc) is 2.47. The lowest BCUT2D eigenvalue weighted by molar-refractivity contribution is 0.0908. The molecule has 1 aromatic rings. The molecule has 0 radical (unpaired) electrons. The Bertz CT molecular complexity index is 593. The second kappa shape index (κ2) is 3.94. The van der Waals surface area contributed by atoms with Gasteiger partial charge in [-0.1, -0.05) is 30.7 Å². The van der Waals surface area contributed by atoms with Crippen LogP contribution in [0.5, 0.6) is 0 Å². The van der Waals surface area contributed by atoms with Crippen molar-refractivity contribution in [2.75, 3.05) is 0 Å². The van der Waals surface area contributed by atoms with E-state index in [0.29, 0.717) is 5.92 Å². The van der Waals surface area contributed by atoms with Crippen LogP contribution >= 0.6 is 22.6 Å². The molecule has 0 heterocycles. The van der Waals surface area contributed by atoms with Gasteiger partial charge in [0.05, 0.1) is 0 Å². The van der Waals surface area contributed by atoms with Crippen molar-refractivity contribution < 1.29 is 5.11 Å². The Morgan fingerprint density at radius 3 is 2.83 bits per heavy atom. The summed E-state index contributed by atoms with van der Waals surface area (Å²) in [4.78, 5) is 0. The van der Waals surface area contributed by atoms with Crippen LogP contribution in [0, 0.1) is 12.8 Å². The third kappa shape index (κ3) is 1.62. The van der Waals surface area contributed by atoms with Crippen LogP contribution < -0.4 is 0 Å². The molecule has 0 aromatic heterocycles. The second-order valence-corrected chi connectivity index (χ2v) is 7.03. The maximum Gasteiger partial charge on any atom is 0.110 e. The van der Waals surface area contributed by atoms with Crippen LogP contribution in [-0.2, 0) is 5.60 Å². The Kier molecular flexibility index (Phi) is 2.72. The van der Waals surface area contributed by atoms with Crippen molar-refractivity contribution >= 4 is 28.2 Å². The first-order chi connectivity index (χ1) is 8.41. The van der Waals surface area contributed by atoms with Crippen molar-refractivity contribution in [2.24, 2.45) is 5.92 Å². The minimum atomic E-state index is -0.800. The fraction of sp³-hybridized carbons (Fsp3) is 0.375. The summed E-state index contributed by atoms with van der Waals surface area (Å²) in [6, 6.07) is 6.37. The summed E-state index contributed by atoms with van der Waals surface area (Å²) in [5.74, 6) is 0.416. The third-order valence-electron chi connectivity index (χ3n) is 4.10. The molecule has 1 aromatic carbocycles. The summed E-state index contributed by atoms with van der Waals surface area (Å²) in [5, 5.41) is 10.9. The van der Waals surface area contributed by atoms with Crippen molar-refractivity contribution in [3.63, 3.8) is 0 Å². The molecule has 0 saturated carbocycles. The van der Waals surface area contributed by atoms with Gasteiger partial charge >= 0.3 is 0 Å². The maximum atomic E-state index is 10.9. The smallest absolute Gasteiger partial charge is 0.110 e. The van der Waals surface area contributed by atoms with E-state index >= 15 is 0 Å². The Morgan fingerprint density at radius 2 is 2.11 bits per heavy atom. The number of halogens is 1. The largest absolute Gasteiger partial charge is 0.381 e. The van der Waals surface area contributed by atoms with Crippen molar-refractivity contribution in [3.8, 4) is 0 Å². The zero-order valence-electron chi connectivity index (χ0n) is 10.9. The number of benzene rings is 1. The van der Waals surface area contributed by atoms with Crippen LogP contribution in [0.1, 0.15) is 37.0 Å². The van der Waals surface area contributed by atoms with E-state index in [1.165, 1.54) is 25.9 Å². The van der Waals surface area contributed by atoms with E-state index in [0.717, 1.165) is 12.0 Å². The summed E-state index contributed by atoms with van der Waals surface area (Å²) in [6.07, 6.45) is 3.29. The van der Waals surface area contributed by atoms with Crippen LogP contribution in [0.15, 0.2) is 33.4 Å². The Labute approximate surface area is 122 Å². The Morgan fingerprint density at radius 1 is 1.39 bits per heavy atom. The standard InChI is InChI=1S/C16H17IO/c1-9-4-5-14-12(6-9)13-8-11(17)7-10(2)15(13)16(14,3)18/h4-6,8,10,18H,7H2,1-3H3. The normalized spacial score (nSPS) is 30.1. The molecule has 18 heavy (non-hydrogen) atoms. The summed E-state index contributed by atoms with van der Waals surface area (Å²) in [7, 11) is 0. The number of aryl methyl sites for hydroxylation is 1. The summed E-state index contributed by atoms with van der Waals surface area (Å²) in [6.45, 7) is 6.26. The number of fused-ring (bicyclic) bond motifs is 2. The first-order valence-corrected chi connectivity index (χ1v) is 7.43. The zero-order chi connectivity index (χ0) is 13.1. The highest BCUT2D eigenvalue weighted by Crippen LogP contribution is 2.52. The molecule has 1 nitrogen and oxygen atoms in total. The molecular weight excluding hydrogens is 335 g/mol. The van der Waals surface area contributed by atoms with Gasteiger partial charge in [0.1, 0.15) is 5.60 Å². The molecule has 94 valence electrons. The highest BCUT2D eigenvalue weighted by Gasteiger charge is 2.42. The monoisotopic (exact) mass is 352 g/mol. The molecule has 2 aliphatic carbocycles. The van der Waals surface area contributed by atoms with Crippen LogP contribution in [-0.4, -0.2) is 5.11 Å². The lowest BCUT2D eigenvalue weighted by Crippen LogP contribution is -2.25. The summed E-state index contributed by atoms with van der Waals surface area (Å²) in [5.41, 5.74) is 5.18. The van der Waals surface area contributed by atoms with Gasteiger partial charge in [0.15, 0.2) is 0 Å². The predicted octanol–water partition coefficient (Wildman–Crippen LogP) is 4.33. The quantitative estimate of drug-likeness (QED) is 0.689. The minimum Gasteiger partial charge on any atom is -0.381 e. The first kappa shape index (κ1) is 12.4. The van der Waals surface area contributed by atoms with Gasteiger partial charge in [0, 0.05) is 0 Å². The number of allylic oxidation sites excluding steroid dienone is 3. The molecule has 0 spiro atoms. The highest BCUT2D eigenvalue weighted by molar-refractivity contribution is 14.1. The van der Waals surface area contributed by atoms with Gasteiger partial charge in [-0.15, -0.1) is 0 Å². The molecule has 0 amide bonds. The summed E-state index contributed by atoms with van der Waals surface area (Å²) >= 11 is 2.41. The molecule has 2 atom stereocenters. The number of aliphatic hydroxyl groups is 1. The number of hydrogen-bond donors (Lipinski definition) is 1. The number of rotatable bonds is 0. The molecule has 3 rings (SSSR count). The fourth-order valence-electron chi connectivity index (χ4n) is 3.37. The van der Waals surface area contributed by atoms with E-state index < -0.39 is 5.60 Å². The van der Waals surface area contributed by atoms with Gasteiger partial charge in [-0.05, 0) is 80.7 Å². The van der Waals surface area contributed by atoms with Crippen molar-refractivity contribution in [2.45, 2.75) is 32.8 Å². The van der Waals surface area contributed by atoms with Gasteiger partial charge in [-0.25, -0.2) is 0 Å². The zero-order valence-corrected chi connectivity index (χ0v) is 13.1. The molecule has 2 heteroatoms. The summed E-state index contributed by atoms with van der Waals surface area (Å²) < 4.78 is 1.38. The minimum absolute atomic E-state index is 0.416. The Hall–Kier alpha value is -0.610. The van der Waals surface area contributed by atoms with E-state index in [2.05, 4.69) is 60.7 Å². The third-order valence-corrected chi connectivity index (χ3v) is 4.85. The predicted molar refractivity (Wildman–Crippen MR) is 83.6 cm³/mol.